The van der Waals surface area contributed by atoms with Crippen LogP contribution >= 0.6 is 35.3 Å². The third-order valence-electron chi connectivity index (χ3n) is 5.37. The van der Waals surface area contributed by atoms with Crippen LogP contribution in [0.25, 0.3) is 0 Å². The number of ether oxygens (including phenoxy) is 3. The van der Waals surface area contributed by atoms with Gasteiger partial charge in [-0.3, -0.25) is 9.89 Å². The highest BCUT2D eigenvalue weighted by molar-refractivity contribution is 14.0. The molecule has 3 rings (SSSR count). The van der Waals surface area contributed by atoms with E-state index in [9.17, 15) is 0 Å². The molecule has 1 unspecified atom stereocenters. The van der Waals surface area contributed by atoms with Crippen LogP contribution in [0.1, 0.15) is 29.3 Å². The molecule has 2 aromatic rings. The SMILES string of the molecule is CN=C(NCc1ccc(OC)c(OC)c1OC)NCC(c1cccs1)N1CCCC1.I. The van der Waals surface area contributed by atoms with Gasteiger partial charge in [0.05, 0.1) is 27.4 Å². The molecule has 0 saturated carbocycles. The maximum Gasteiger partial charge on any atom is 0.203 e. The molecule has 1 saturated heterocycles. The van der Waals surface area contributed by atoms with Crippen LogP contribution in [0.5, 0.6) is 17.2 Å². The van der Waals surface area contributed by atoms with Crippen LogP contribution in [0.2, 0.25) is 0 Å². The lowest BCUT2D eigenvalue weighted by molar-refractivity contribution is 0.249. The maximum atomic E-state index is 5.58. The van der Waals surface area contributed by atoms with Gasteiger partial charge in [0.1, 0.15) is 0 Å². The Bertz CT molecular complexity index is 826. The van der Waals surface area contributed by atoms with Crippen LogP contribution in [0, 0.1) is 0 Å². The zero-order valence-corrected chi connectivity index (χ0v) is 21.8. The largest absolute Gasteiger partial charge is 0.493 e. The third-order valence-corrected chi connectivity index (χ3v) is 6.35. The van der Waals surface area contributed by atoms with Gasteiger partial charge in [0.25, 0.3) is 0 Å². The van der Waals surface area contributed by atoms with Crippen molar-refractivity contribution in [3.63, 3.8) is 0 Å². The summed E-state index contributed by atoms with van der Waals surface area (Å²) in [5, 5.41) is 9.04. The van der Waals surface area contributed by atoms with Crippen LogP contribution in [0.4, 0.5) is 0 Å². The minimum atomic E-state index is 0. The molecule has 1 aromatic carbocycles. The second-order valence-electron chi connectivity index (χ2n) is 7.07. The van der Waals surface area contributed by atoms with E-state index < -0.39 is 0 Å². The number of benzene rings is 1. The molecule has 0 amide bonds. The van der Waals surface area contributed by atoms with E-state index in [4.69, 9.17) is 14.2 Å². The smallest absolute Gasteiger partial charge is 0.203 e. The van der Waals surface area contributed by atoms with Gasteiger partial charge in [0, 0.05) is 30.6 Å². The molecular formula is C22H33IN4O3S. The van der Waals surface area contributed by atoms with Gasteiger partial charge < -0.3 is 24.8 Å². The van der Waals surface area contributed by atoms with Crippen LogP contribution in [-0.2, 0) is 6.54 Å². The fraction of sp³-hybridized carbons (Fsp3) is 0.500. The quantitative estimate of drug-likeness (QED) is 0.276. The van der Waals surface area contributed by atoms with Crippen LogP contribution < -0.4 is 24.8 Å². The predicted molar refractivity (Wildman–Crippen MR) is 138 cm³/mol. The van der Waals surface area contributed by atoms with E-state index in [-0.39, 0.29) is 24.0 Å². The van der Waals surface area contributed by atoms with Crippen molar-refractivity contribution in [2.24, 2.45) is 4.99 Å². The molecule has 9 heteroatoms. The van der Waals surface area contributed by atoms with E-state index in [2.05, 4.69) is 38.0 Å². The molecule has 1 aliphatic heterocycles. The minimum Gasteiger partial charge on any atom is -0.493 e. The van der Waals surface area contributed by atoms with Gasteiger partial charge in [-0.2, -0.15) is 0 Å². The summed E-state index contributed by atoms with van der Waals surface area (Å²) in [6.07, 6.45) is 2.54. The molecule has 0 aliphatic carbocycles. The number of nitrogens with one attached hydrogen (secondary N) is 2. The molecule has 0 radical (unpaired) electrons. The van der Waals surface area contributed by atoms with Gasteiger partial charge >= 0.3 is 0 Å². The lowest BCUT2D eigenvalue weighted by Crippen LogP contribution is -2.42. The van der Waals surface area contributed by atoms with Crippen molar-refractivity contribution in [3.05, 3.63) is 40.1 Å². The molecule has 1 aromatic heterocycles. The Labute approximate surface area is 206 Å². The first kappa shape index (κ1) is 25.5. The molecule has 172 valence electrons. The first-order chi connectivity index (χ1) is 14.7. The number of aliphatic imine (C=N–C) groups is 1. The number of likely N-dealkylation sites (tertiary alicyclic amines) is 1. The summed E-state index contributed by atoms with van der Waals surface area (Å²) in [6.45, 7) is 3.66. The van der Waals surface area contributed by atoms with Crippen molar-refractivity contribution in [1.29, 1.82) is 0 Å². The minimum absolute atomic E-state index is 0. The zero-order valence-electron chi connectivity index (χ0n) is 18.6. The number of guanidine groups is 1. The van der Waals surface area contributed by atoms with Crippen molar-refractivity contribution >= 4 is 41.3 Å². The summed E-state index contributed by atoms with van der Waals surface area (Å²) in [5.41, 5.74) is 0.965. The Morgan fingerprint density at radius 2 is 1.81 bits per heavy atom. The number of halogens is 1. The zero-order chi connectivity index (χ0) is 21.3. The molecule has 1 aliphatic rings. The van der Waals surface area contributed by atoms with Gasteiger partial charge in [0.15, 0.2) is 17.5 Å². The van der Waals surface area contributed by atoms with Crippen molar-refractivity contribution < 1.29 is 14.2 Å². The highest BCUT2D eigenvalue weighted by atomic mass is 127. The average Bonchev–Trinajstić information content (AvgIpc) is 3.50. The standard InChI is InChI=1S/C22H32N4O3S.HI/c1-23-22(24-14-16-9-10-18(27-2)21(29-4)20(16)28-3)25-15-17(19-8-7-13-30-19)26-11-5-6-12-26;/h7-10,13,17H,5-6,11-12,14-15H2,1-4H3,(H2,23,24,25);1H. The summed E-state index contributed by atoms with van der Waals surface area (Å²) in [7, 11) is 6.65. The third kappa shape index (κ3) is 6.39. The summed E-state index contributed by atoms with van der Waals surface area (Å²) in [6, 6.07) is 8.56. The Morgan fingerprint density at radius 1 is 1.06 bits per heavy atom. The molecular weight excluding hydrogens is 527 g/mol. The van der Waals surface area contributed by atoms with E-state index in [0.717, 1.165) is 31.2 Å². The lowest BCUT2D eigenvalue weighted by atomic mass is 10.1. The van der Waals surface area contributed by atoms with E-state index in [1.165, 1.54) is 17.7 Å². The number of hydrogen-bond acceptors (Lipinski definition) is 6. The molecule has 7 nitrogen and oxygen atoms in total. The summed E-state index contributed by atoms with van der Waals surface area (Å²) < 4.78 is 16.4. The van der Waals surface area contributed by atoms with Crippen molar-refractivity contribution in [2.75, 3.05) is 48.0 Å². The van der Waals surface area contributed by atoms with Gasteiger partial charge in [-0.15, -0.1) is 35.3 Å². The Balaban J connectivity index is 0.00000341. The fourth-order valence-corrected chi connectivity index (χ4v) is 4.70. The lowest BCUT2D eigenvalue weighted by Gasteiger charge is -2.27. The first-order valence-corrected chi connectivity index (χ1v) is 11.1. The second-order valence-corrected chi connectivity index (χ2v) is 8.05. The highest BCUT2D eigenvalue weighted by Gasteiger charge is 2.24. The number of methoxy groups -OCH3 is 3. The molecule has 2 heterocycles. The van der Waals surface area contributed by atoms with Crippen LogP contribution in [-0.4, -0.2) is 58.9 Å². The normalized spacial score (nSPS) is 15.2. The first-order valence-electron chi connectivity index (χ1n) is 10.2. The topological polar surface area (TPSA) is 67.4 Å². The molecule has 1 atom stereocenters. The van der Waals surface area contributed by atoms with Crippen molar-refractivity contribution in [3.8, 4) is 17.2 Å². The van der Waals surface area contributed by atoms with Crippen molar-refractivity contribution in [1.82, 2.24) is 15.5 Å². The Morgan fingerprint density at radius 3 is 2.39 bits per heavy atom. The predicted octanol–water partition coefficient (Wildman–Crippen LogP) is 3.89. The van der Waals surface area contributed by atoms with Gasteiger partial charge in [-0.25, -0.2) is 0 Å². The highest BCUT2D eigenvalue weighted by Crippen LogP contribution is 2.39. The van der Waals surface area contributed by atoms with Crippen LogP contribution in [0.3, 0.4) is 0 Å². The maximum absolute atomic E-state index is 5.58. The van der Waals surface area contributed by atoms with Gasteiger partial charge in [-0.05, 0) is 49.5 Å². The van der Waals surface area contributed by atoms with Crippen molar-refractivity contribution in [2.45, 2.75) is 25.4 Å². The monoisotopic (exact) mass is 560 g/mol. The molecule has 31 heavy (non-hydrogen) atoms. The molecule has 0 spiro atoms. The van der Waals surface area contributed by atoms with Gasteiger partial charge in [0.2, 0.25) is 5.75 Å². The number of rotatable bonds is 9. The van der Waals surface area contributed by atoms with Crippen LogP contribution in [0.15, 0.2) is 34.6 Å². The average molecular weight is 561 g/mol. The van der Waals surface area contributed by atoms with E-state index in [0.29, 0.717) is 29.8 Å². The second kappa shape index (κ2) is 13.0. The Hall–Kier alpha value is -1.72. The molecule has 0 bridgehead atoms. The molecule has 2 N–H and O–H groups in total. The number of thiophene rings is 1. The summed E-state index contributed by atoms with van der Waals surface area (Å²) in [5.74, 6) is 2.65. The number of nitrogens with zero attached hydrogens (tertiary/aromatic N) is 2. The van der Waals surface area contributed by atoms with Gasteiger partial charge in [-0.1, -0.05) is 6.07 Å². The van der Waals surface area contributed by atoms with E-state index >= 15 is 0 Å². The fourth-order valence-electron chi connectivity index (χ4n) is 3.84. The Kier molecular flexibility index (Phi) is 10.7. The number of hydrogen-bond donors (Lipinski definition) is 2. The van der Waals surface area contributed by atoms with E-state index in [1.54, 1.807) is 28.4 Å². The summed E-state index contributed by atoms with van der Waals surface area (Å²) >= 11 is 1.82. The van der Waals surface area contributed by atoms with E-state index in [1.807, 2.05) is 23.5 Å². The summed E-state index contributed by atoms with van der Waals surface area (Å²) in [4.78, 5) is 8.35. The molecule has 1 fully saturated rings.